The van der Waals surface area contributed by atoms with Gasteiger partial charge >= 0.3 is 0 Å². The summed E-state index contributed by atoms with van der Waals surface area (Å²) in [6.45, 7) is 4.18. The zero-order chi connectivity index (χ0) is 14.3. The second-order valence-electron chi connectivity index (χ2n) is 4.97. The zero-order valence-corrected chi connectivity index (χ0v) is 13.8. The molecule has 3 heteroatoms. The van der Waals surface area contributed by atoms with Crippen LogP contribution in [0.25, 0.3) is 10.8 Å². The monoisotopic (exact) mass is 346 g/mol. The van der Waals surface area contributed by atoms with E-state index in [1.165, 1.54) is 10.4 Å². The van der Waals surface area contributed by atoms with E-state index in [0.717, 1.165) is 25.7 Å². The summed E-state index contributed by atoms with van der Waals surface area (Å²) in [5.41, 5.74) is 2.20. The van der Waals surface area contributed by atoms with Crippen LogP contribution in [-0.2, 0) is 0 Å². The van der Waals surface area contributed by atoms with Crippen molar-refractivity contribution in [3.05, 3.63) is 67.8 Å². The third kappa shape index (κ3) is 2.30. The van der Waals surface area contributed by atoms with Crippen molar-refractivity contribution in [2.24, 2.45) is 0 Å². The summed E-state index contributed by atoms with van der Waals surface area (Å²) in [7, 11) is 0. The first-order valence-corrected chi connectivity index (χ1v) is 8.11. The fraction of sp³-hybridized carbons (Fsp3) is 0.176. The van der Waals surface area contributed by atoms with Crippen LogP contribution in [0.2, 0.25) is 0 Å². The van der Waals surface area contributed by atoms with Gasteiger partial charge in [0, 0.05) is 14.2 Å². The van der Waals surface area contributed by atoms with Crippen molar-refractivity contribution in [2.75, 3.05) is 0 Å². The molecule has 1 heterocycles. The number of halogens is 1. The normalized spacial score (nSPS) is 12.8. The van der Waals surface area contributed by atoms with Crippen LogP contribution in [0.4, 0.5) is 0 Å². The summed E-state index contributed by atoms with van der Waals surface area (Å²) in [6, 6.07) is 14.3. The van der Waals surface area contributed by atoms with Gasteiger partial charge in [-0.15, -0.1) is 11.3 Å². The fourth-order valence-corrected chi connectivity index (χ4v) is 3.94. The molecule has 0 saturated heterocycles. The van der Waals surface area contributed by atoms with E-state index in [2.05, 4.69) is 48.0 Å². The van der Waals surface area contributed by atoms with Crippen LogP contribution in [0.15, 0.2) is 46.9 Å². The first-order chi connectivity index (χ1) is 9.58. The van der Waals surface area contributed by atoms with Gasteiger partial charge in [-0.25, -0.2) is 0 Å². The molecule has 0 spiro atoms. The van der Waals surface area contributed by atoms with E-state index in [1.54, 1.807) is 11.3 Å². The van der Waals surface area contributed by atoms with E-state index < -0.39 is 6.10 Å². The first kappa shape index (κ1) is 13.8. The molecule has 0 saturated carbocycles. The van der Waals surface area contributed by atoms with Crippen LogP contribution in [0.5, 0.6) is 0 Å². The molecule has 0 aliphatic rings. The average molecular weight is 347 g/mol. The van der Waals surface area contributed by atoms with Crippen LogP contribution < -0.4 is 0 Å². The van der Waals surface area contributed by atoms with E-state index in [0.29, 0.717) is 0 Å². The van der Waals surface area contributed by atoms with Crippen LogP contribution >= 0.6 is 27.3 Å². The summed E-state index contributed by atoms with van der Waals surface area (Å²) < 4.78 is 1.06. The Kier molecular flexibility index (Phi) is 3.67. The van der Waals surface area contributed by atoms with Gasteiger partial charge < -0.3 is 5.11 Å². The summed E-state index contributed by atoms with van der Waals surface area (Å²) in [4.78, 5) is 2.27. The molecule has 1 N–H and O–H groups in total. The fourth-order valence-electron chi connectivity index (χ4n) is 2.41. The Morgan fingerprint density at radius 1 is 1.05 bits per heavy atom. The topological polar surface area (TPSA) is 20.2 Å². The van der Waals surface area contributed by atoms with E-state index in [9.17, 15) is 5.11 Å². The molecule has 3 rings (SSSR count). The van der Waals surface area contributed by atoms with Crippen LogP contribution in [0.1, 0.15) is 27.0 Å². The Morgan fingerprint density at radius 2 is 1.75 bits per heavy atom. The quantitative estimate of drug-likeness (QED) is 0.661. The largest absolute Gasteiger partial charge is 0.383 e. The molecule has 0 fully saturated rings. The van der Waals surface area contributed by atoms with Crippen molar-refractivity contribution in [3.8, 4) is 0 Å². The molecule has 3 aromatic rings. The summed E-state index contributed by atoms with van der Waals surface area (Å²) in [5.74, 6) is 0. The Bertz CT molecular complexity index is 756. The number of benzene rings is 2. The number of thiophene rings is 1. The summed E-state index contributed by atoms with van der Waals surface area (Å²) in [5, 5.41) is 12.9. The maximum absolute atomic E-state index is 10.7. The maximum Gasteiger partial charge on any atom is 0.114 e. The molecule has 1 atom stereocenters. The van der Waals surface area contributed by atoms with Gasteiger partial charge in [0.15, 0.2) is 0 Å². The highest BCUT2D eigenvalue weighted by Crippen LogP contribution is 2.36. The molecule has 0 aliphatic heterocycles. The van der Waals surface area contributed by atoms with E-state index in [1.807, 2.05) is 24.3 Å². The van der Waals surface area contributed by atoms with E-state index >= 15 is 0 Å². The van der Waals surface area contributed by atoms with Crippen LogP contribution in [0.3, 0.4) is 0 Å². The molecule has 0 radical (unpaired) electrons. The number of hydrogen-bond donors (Lipinski definition) is 1. The van der Waals surface area contributed by atoms with Gasteiger partial charge in [-0.3, -0.25) is 0 Å². The number of hydrogen-bond acceptors (Lipinski definition) is 2. The average Bonchev–Trinajstić information content (AvgIpc) is 2.79. The van der Waals surface area contributed by atoms with Gasteiger partial charge in [-0.1, -0.05) is 46.3 Å². The van der Waals surface area contributed by atoms with Crippen molar-refractivity contribution in [2.45, 2.75) is 20.0 Å². The van der Waals surface area contributed by atoms with E-state index in [4.69, 9.17) is 0 Å². The van der Waals surface area contributed by atoms with Crippen LogP contribution in [-0.4, -0.2) is 5.11 Å². The van der Waals surface area contributed by atoms with Crippen molar-refractivity contribution < 1.29 is 5.11 Å². The van der Waals surface area contributed by atoms with Crippen molar-refractivity contribution in [1.29, 1.82) is 0 Å². The second kappa shape index (κ2) is 5.32. The van der Waals surface area contributed by atoms with Gasteiger partial charge in [0.1, 0.15) is 6.10 Å². The molecular formula is C17H15BrOS. The minimum atomic E-state index is -0.564. The van der Waals surface area contributed by atoms with Gasteiger partial charge in [0.05, 0.1) is 0 Å². The van der Waals surface area contributed by atoms with Gasteiger partial charge in [0.25, 0.3) is 0 Å². The van der Waals surface area contributed by atoms with Crippen LogP contribution in [0, 0.1) is 13.8 Å². The molecule has 1 nitrogen and oxygen atoms in total. The highest BCUT2D eigenvalue weighted by molar-refractivity contribution is 9.10. The Balaban J connectivity index is 2.17. The van der Waals surface area contributed by atoms with Gasteiger partial charge in [-0.2, -0.15) is 0 Å². The lowest BCUT2D eigenvalue weighted by atomic mass is 9.99. The lowest BCUT2D eigenvalue weighted by Crippen LogP contribution is -1.98. The lowest BCUT2D eigenvalue weighted by molar-refractivity contribution is 0.225. The molecule has 0 amide bonds. The molecular weight excluding hydrogens is 332 g/mol. The predicted molar refractivity (Wildman–Crippen MR) is 89.5 cm³/mol. The molecule has 2 aromatic carbocycles. The summed E-state index contributed by atoms with van der Waals surface area (Å²) in [6.07, 6.45) is -0.564. The molecule has 1 unspecified atom stereocenters. The van der Waals surface area contributed by atoms with Gasteiger partial charge in [-0.05, 0) is 47.9 Å². The highest BCUT2D eigenvalue weighted by Gasteiger charge is 2.17. The minimum absolute atomic E-state index is 0.564. The molecule has 1 aromatic heterocycles. The van der Waals surface area contributed by atoms with Gasteiger partial charge in [0.2, 0.25) is 0 Å². The third-order valence-electron chi connectivity index (χ3n) is 3.65. The number of rotatable bonds is 2. The standard InChI is InChI=1S/C17H15BrOS/c1-10-9-16(20-11(10)2)17(19)14-7-8-15(18)13-6-4-3-5-12(13)14/h3-9,17,19H,1-2H3. The minimum Gasteiger partial charge on any atom is -0.383 e. The van der Waals surface area contributed by atoms with Crippen molar-refractivity contribution in [1.82, 2.24) is 0 Å². The van der Waals surface area contributed by atoms with E-state index in [-0.39, 0.29) is 0 Å². The Labute approximate surface area is 131 Å². The number of aliphatic hydroxyl groups is 1. The summed E-state index contributed by atoms with van der Waals surface area (Å²) >= 11 is 5.24. The highest BCUT2D eigenvalue weighted by atomic mass is 79.9. The molecule has 0 aliphatic carbocycles. The first-order valence-electron chi connectivity index (χ1n) is 6.50. The smallest absolute Gasteiger partial charge is 0.114 e. The zero-order valence-electron chi connectivity index (χ0n) is 11.4. The molecule has 0 bridgehead atoms. The maximum atomic E-state index is 10.7. The number of fused-ring (bicyclic) bond motifs is 1. The third-order valence-corrected chi connectivity index (χ3v) is 5.55. The predicted octanol–water partition coefficient (Wildman–Crippen LogP) is 5.36. The SMILES string of the molecule is Cc1cc(C(O)c2ccc(Br)c3ccccc23)sc1C. The second-order valence-corrected chi connectivity index (χ2v) is 7.11. The molecule has 20 heavy (non-hydrogen) atoms. The lowest BCUT2D eigenvalue weighted by Gasteiger charge is -2.13. The molecule has 102 valence electrons. The Morgan fingerprint density at radius 3 is 2.40 bits per heavy atom. The van der Waals surface area contributed by atoms with Crippen molar-refractivity contribution in [3.63, 3.8) is 0 Å². The van der Waals surface area contributed by atoms with Crippen molar-refractivity contribution >= 4 is 38.0 Å². The number of aryl methyl sites for hydroxylation is 2. The number of aliphatic hydroxyl groups excluding tert-OH is 1. The Hall–Kier alpha value is -1.16.